The number of carbonyl (C=O) groups is 1. The van der Waals surface area contributed by atoms with E-state index in [1.165, 1.54) is 25.7 Å². The van der Waals surface area contributed by atoms with Crippen LogP contribution in [0.1, 0.15) is 42.5 Å². The Bertz CT molecular complexity index is 865. The van der Waals surface area contributed by atoms with Gasteiger partial charge in [0.05, 0.1) is 11.6 Å². The van der Waals surface area contributed by atoms with Crippen LogP contribution >= 0.6 is 12.2 Å². The lowest BCUT2D eigenvalue weighted by atomic mass is 9.54. The summed E-state index contributed by atoms with van der Waals surface area (Å²) in [6.45, 7) is 0.833. The van der Waals surface area contributed by atoms with Crippen molar-refractivity contribution in [3.05, 3.63) is 28.6 Å². The average molecular weight is 344 g/mol. The molecule has 3 fully saturated rings. The molecular formula is C18H20N2O3S. The van der Waals surface area contributed by atoms with E-state index in [1.54, 1.807) is 6.07 Å². The van der Waals surface area contributed by atoms with Gasteiger partial charge in [-0.2, -0.15) is 0 Å². The van der Waals surface area contributed by atoms with Crippen molar-refractivity contribution < 1.29 is 13.9 Å². The van der Waals surface area contributed by atoms with Gasteiger partial charge in [-0.25, -0.2) is 0 Å². The summed E-state index contributed by atoms with van der Waals surface area (Å²) < 4.78 is 11.4. The molecule has 1 aliphatic heterocycles. The van der Waals surface area contributed by atoms with Gasteiger partial charge >= 0.3 is 0 Å². The van der Waals surface area contributed by atoms with Crippen molar-refractivity contribution in [3.8, 4) is 0 Å². The Morgan fingerprint density at radius 2 is 2.17 bits per heavy atom. The Balaban J connectivity index is 1.41. The molecule has 2 heterocycles. The molecule has 0 bridgehead atoms. The van der Waals surface area contributed by atoms with Crippen molar-refractivity contribution in [2.24, 2.45) is 11.3 Å². The highest BCUT2D eigenvalue weighted by molar-refractivity contribution is 7.71. The number of H-pyrrole nitrogens is 1. The molecule has 0 radical (unpaired) electrons. The predicted molar refractivity (Wildman–Crippen MR) is 91.4 cm³/mol. The topological polar surface area (TPSA) is 67.3 Å². The number of aromatic amines is 1. The molecule has 5 nitrogen and oxygen atoms in total. The maximum Gasteiger partial charge on any atom is 0.266 e. The first kappa shape index (κ1) is 14.7. The fourth-order valence-electron chi connectivity index (χ4n) is 5.22. The minimum atomic E-state index is -0.0270. The number of nitrogens with one attached hydrogen (secondary N) is 2. The molecule has 2 aromatic rings. The third-order valence-corrected chi connectivity index (χ3v) is 6.44. The van der Waals surface area contributed by atoms with Crippen molar-refractivity contribution in [3.63, 3.8) is 0 Å². The van der Waals surface area contributed by atoms with Crippen molar-refractivity contribution in [1.82, 2.24) is 10.3 Å². The number of ether oxygens (including phenoxy) is 1. The summed E-state index contributed by atoms with van der Waals surface area (Å²) in [5.41, 5.74) is 2.24. The van der Waals surface area contributed by atoms with E-state index in [0.717, 1.165) is 18.5 Å². The molecule has 1 spiro atoms. The first-order chi connectivity index (χ1) is 11.7. The number of hydrogen-bond acceptors (Lipinski definition) is 4. The monoisotopic (exact) mass is 344 g/mol. The van der Waals surface area contributed by atoms with Gasteiger partial charge in [0.2, 0.25) is 0 Å². The van der Waals surface area contributed by atoms with Gasteiger partial charge in [-0.1, -0.05) is 12.8 Å². The molecule has 1 saturated heterocycles. The van der Waals surface area contributed by atoms with Crippen LogP contribution in [0.25, 0.3) is 11.1 Å². The fraction of sp³-hybridized carbons (Fsp3) is 0.556. The van der Waals surface area contributed by atoms with Crippen molar-refractivity contribution >= 4 is 29.2 Å². The zero-order valence-electron chi connectivity index (χ0n) is 13.3. The van der Waals surface area contributed by atoms with Crippen LogP contribution in [0.5, 0.6) is 0 Å². The number of amides is 1. The molecule has 2 aliphatic carbocycles. The van der Waals surface area contributed by atoms with Crippen LogP contribution in [-0.2, 0) is 4.74 Å². The molecule has 3 aliphatic rings. The van der Waals surface area contributed by atoms with E-state index in [0.29, 0.717) is 28.0 Å². The smallest absolute Gasteiger partial charge is 0.266 e. The Morgan fingerprint density at radius 1 is 1.33 bits per heavy atom. The molecule has 24 heavy (non-hydrogen) atoms. The maximum absolute atomic E-state index is 12.8. The molecule has 1 aromatic carbocycles. The van der Waals surface area contributed by atoms with Crippen LogP contribution in [0, 0.1) is 16.2 Å². The lowest BCUT2D eigenvalue weighted by Crippen LogP contribution is -2.68. The van der Waals surface area contributed by atoms with Crippen molar-refractivity contribution in [2.75, 3.05) is 6.61 Å². The molecule has 3 atom stereocenters. The molecule has 1 amide bonds. The van der Waals surface area contributed by atoms with Gasteiger partial charge in [0.15, 0.2) is 5.58 Å². The molecule has 2 N–H and O–H groups in total. The third-order valence-electron chi connectivity index (χ3n) is 6.26. The standard InChI is InChI=1S/C18H20N2O3S/c21-16(10-3-4-12-13(9-10)23-17(24)19-12)20-14-11-5-8-22-15(11)18(14)6-1-2-7-18/h3-4,9,11,14-15H,1-2,5-8H2,(H,19,24)(H,20,21)/t11-,14+,15+/m0/s1. The molecule has 0 unspecified atom stereocenters. The van der Waals surface area contributed by atoms with E-state index in [2.05, 4.69) is 10.3 Å². The molecule has 2 saturated carbocycles. The van der Waals surface area contributed by atoms with Crippen molar-refractivity contribution in [1.29, 1.82) is 0 Å². The summed E-state index contributed by atoms with van der Waals surface area (Å²) in [4.78, 5) is 16.1. The van der Waals surface area contributed by atoms with Gasteiger partial charge < -0.3 is 19.5 Å². The second-order valence-electron chi connectivity index (χ2n) is 7.36. The Labute approximate surface area is 144 Å². The Kier molecular flexibility index (Phi) is 3.16. The summed E-state index contributed by atoms with van der Waals surface area (Å²) in [5, 5.41) is 3.31. The SMILES string of the molecule is O=C(N[C@@H]1[C@@H]2CCO[C@H]2C12CCCC2)c1ccc2[nH]c(=S)oc2c1. The lowest BCUT2D eigenvalue weighted by molar-refractivity contribution is -0.126. The summed E-state index contributed by atoms with van der Waals surface area (Å²) in [6.07, 6.45) is 6.25. The Morgan fingerprint density at radius 3 is 3.00 bits per heavy atom. The quantitative estimate of drug-likeness (QED) is 0.818. The highest BCUT2D eigenvalue weighted by Gasteiger charge is 2.65. The van der Waals surface area contributed by atoms with Gasteiger partial charge in [-0.05, 0) is 49.7 Å². The normalized spacial score (nSPS) is 30.4. The van der Waals surface area contributed by atoms with E-state index in [9.17, 15) is 4.79 Å². The van der Waals surface area contributed by atoms with Crippen LogP contribution in [0.2, 0.25) is 0 Å². The first-order valence-electron chi connectivity index (χ1n) is 8.73. The number of fused-ring (bicyclic) bond motifs is 3. The van der Waals surface area contributed by atoms with E-state index >= 15 is 0 Å². The zero-order valence-corrected chi connectivity index (χ0v) is 14.2. The van der Waals surface area contributed by atoms with Gasteiger partial charge in [0.1, 0.15) is 0 Å². The van der Waals surface area contributed by atoms with Crippen LogP contribution in [-0.4, -0.2) is 29.6 Å². The Hall–Kier alpha value is -1.66. The van der Waals surface area contributed by atoms with Gasteiger partial charge in [0, 0.05) is 29.5 Å². The second-order valence-corrected chi connectivity index (χ2v) is 7.73. The first-order valence-corrected chi connectivity index (χ1v) is 9.14. The summed E-state index contributed by atoms with van der Waals surface area (Å²) in [7, 11) is 0. The molecule has 126 valence electrons. The zero-order chi connectivity index (χ0) is 16.3. The highest BCUT2D eigenvalue weighted by Crippen LogP contribution is 2.60. The number of aromatic nitrogens is 1. The second kappa shape index (κ2) is 5.17. The lowest BCUT2D eigenvalue weighted by Gasteiger charge is -2.56. The van der Waals surface area contributed by atoms with Crippen LogP contribution in [0.3, 0.4) is 0 Å². The molecule has 5 rings (SSSR count). The van der Waals surface area contributed by atoms with E-state index in [4.69, 9.17) is 21.4 Å². The van der Waals surface area contributed by atoms with Gasteiger partial charge in [-0.3, -0.25) is 4.79 Å². The number of oxazole rings is 1. The van der Waals surface area contributed by atoms with Crippen LogP contribution in [0.4, 0.5) is 0 Å². The van der Waals surface area contributed by atoms with E-state index in [-0.39, 0.29) is 17.4 Å². The minimum absolute atomic E-state index is 0.0270. The summed E-state index contributed by atoms with van der Waals surface area (Å²) >= 11 is 5.00. The maximum atomic E-state index is 12.8. The van der Waals surface area contributed by atoms with E-state index < -0.39 is 0 Å². The fourth-order valence-corrected chi connectivity index (χ4v) is 5.42. The van der Waals surface area contributed by atoms with Gasteiger partial charge in [-0.15, -0.1) is 0 Å². The van der Waals surface area contributed by atoms with Crippen molar-refractivity contribution in [2.45, 2.75) is 44.2 Å². The van der Waals surface area contributed by atoms with Crippen LogP contribution < -0.4 is 5.32 Å². The van der Waals surface area contributed by atoms with E-state index in [1.807, 2.05) is 12.1 Å². The number of carbonyl (C=O) groups excluding carboxylic acids is 1. The molecule has 6 heteroatoms. The molecule has 1 aromatic heterocycles. The molecular weight excluding hydrogens is 324 g/mol. The number of rotatable bonds is 2. The number of hydrogen-bond donors (Lipinski definition) is 2. The third kappa shape index (κ3) is 1.96. The van der Waals surface area contributed by atoms with Crippen LogP contribution in [0.15, 0.2) is 22.6 Å². The largest absolute Gasteiger partial charge is 0.429 e. The average Bonchev–Trinajstić information content (AvgIpc) is 3.28. The minimum Gasteiger partial charge on any atom is -0.429 e. The number of benzene rings is 1. The predicted octanol–water partition coefficient (Wildman–Crippen LogP) is 3.57. The summed E-state index contributed by atoms with van der Waals surface area (Å²) in [5.74, 6) is 0.452. The summed E-state index contributed by atoms with van der Waals surface area (Å²) in [6, 6.07) is 5.67. The van der Waals surface area contributed by atoms with Gasteiger partial charge in [0.25, 0.3) is 10.7 Å². The highest BCUT2D eigenvalue weighted by atomic mass is 32.1.